The van der Waals surface area contributed by atoms with E-state index in [2.05, 4.69) is 11.7 Å². The van der Waals surface area contributed by atoms with E-state index in [-0.39, 0.29) is 29.3 Å². The van der Waals surface area contributed by atoms with E-state index in [0.717, 1.165) is 61.1 Å². The third-order valence-electron chi connectivity index (χ3n) is 7.99. The maximum absolute atomic E-state index is 15.1. The average molecular weight is 721 g/mol. The lowest BCUT2D eigenvalue weighted by atomic mass is 9.97. The first kappa shape index (κ1) is 37.1. The molecule has 1 nitrogen and oxygen atoms in total. The number of alkyl halides is 5. The van der Waals surface area contributed by atoms with Gasteiger partial charge >= 0.3 is 12.3 Å². The number of unbranched alkanes of at least 4 members (excludes halogenated alkanes) is 2. The van der Waals surface area contributed by atoms with E-state index in [9.17, 15) is 43.9 Å². The Labute approximate surface area is 285 Å². The summed E-state index contributed by atoms with van der Waals surface area (Å²) in [6, 6.07) is 15.6. The predicted octanol–water partition coefficient (Wildman–Crippen LogP) is 13.0. The topological polar surface area (TPSA) is 9.23 Å². The molecule has 0 aromatic heterocycles. The molecule has 0 amide bonds. The van der Waals surface area contributed by atoms with Gasteiger partial charge in [0, 0.05) is 28.8 Å². The Morgan fingerprint density at radius 1 is 0.549 bits per heavy atom. The highest BCUT2D eigenvalue weighted by molar-refractivity contribution is 5.72. The van der Waals surface area contributed by atoms with Crippen molar-refractivity contribution in [3.8, 4) is 39.1 Å². The molecule has 0 unspecified atom stereocenters. The van der Waals surface area contributed by atoms with E-state index in [1.807, 2.05) is 24.3 Å². The van der Waals surface area contributed by atoms with Gasteiger partial charge in [0.05, 0.1) is 0 Å². The Hall–Kier alpha value is -5.13. The third kappa shape index (κ3) is 8.79. The molecular weight excluding hydrogens is 693 g/mol. The van der Waals surface area contributed by atoms with E-state index in [1.54, 1.807) is 6.07 Å². The molecule has 0 fully saturated rings. The Morgan fingerprint density at radius 3 is 1.59 bits per heavy atom. The zero-order valence-electron chi connectivity index (χ0n) is 26.6. The molecule has 0 saturated heterocycles. The van der Waals surface area contributed by atoms with Gasteiger partial charge in [-0.1, -0.05) is 56.2 Å². The zero-order valence-corrected chi connectivity index (χ0v) is 26.6. The van der Waals surface area contributed by atoms with Crippen LogP contribution >= 0.6 is 0 Å². The van der Waals surface area contributed by atoms with Gasteiger partial charge in [0.15, 0.2) is 0 Å². The second kappa shape index (κ2) is 15.0. The fraction of sp³-hybridized carbons (Fsp3) is 0.179. The number of ether oxygens (including phenoxy) is 1. The molecule has 0 bridgehead atoms. The molecular formula is C39H27F11O. The second-order valence-electron chi connectivity index (χ2n) is 11.7. The quantitative estimate of drug-likeness (QED) is 0.0975. The van der Waals surface area contributed by atoms with Crippen LogP contribution in [0.15, 0.2) is 91.0 Å². The van der Waals surface area contributed by atoms with Gasteiger partial charge in [0.2, 0.25) is 0 Å². The Balaban J connectivity index is 1.30. The van der Waals surface area contributed by atoms with Gasteiger partial charge in [-0.15, -0.1) is 0 Å². The van der Waals surface area contributed by atoms with Crippen LogP contribution in [0.5, 0.6) is 5.75 Å². The molecule has 5 aromatic carbocycles. The molecule has 5 aromatic rings. The first-order valence-electron chi connectivity index (χ1n) is 15.6. The maximum Gasteiger partial charge on any atom is 0.422 e. The SMILES string of the molecule is CCCCCc1ccc(-c2ccc(-c3cc(F)c(C=CC(F)(F)Oc4ccc(-c5cc(F)c(C(F)(F)F)c(F)c5)c(F)c4)c(F)c3)c(F)c2)cc1. The largest absolute Gasteiger partial charge is 0.429 e. The molecule has 0 aliphatic rings. The van der Waals surface area contributed by atoms with Crippen LogP contribution in [0.4, 0.5) is 48.3 Å². The fourth-order valence-electron chi connectivity index (χ4n) is 5.44. The van der Waals surface area contributed by atoms with Crippen molar-refractivity contribution in [2.75, 3.05) is 0 Å². The predicted molar refractivity (Wildman–Crippen MR) is 172 cm³/mol. The molecule has 0 heterocycles. The first-order valence-corrected chi connectivity index (χ1v) is 15.6. The van der Waals surface area contributed by atoms with Gasteiger partial charge in [-0.3, -0.25) is 0 Å². The summed E-state index contributed by atoms with van der Waals surface area (Å²) >= 11 is 0. The number of benzene rings is 5. The summed E-state index contributed by atoms with van der Waals surface area (Å²) in [5, 5.41) is 0. The van der Waals surface area contributed by atoms with Crippen LogP contribution < -0.4 is 4.74 Å². The zero-order chi connectivity index (χ0) is 37.1. The minimum Gasteiger partial charge on any atom is -0.429 e. The van der Waals surface area contributed by atoms with Gasteiger partial charge < -0.3 is 4.74 Å². The Morgan fingerprint density at radius 2 is 1.06 bits per heavy atom. The van der Waals surface area contributed by atoms with Gasteiger partial charge in [-0.25, -0.2) is 26.3 Å². The molecule has 0 aliphatic heterocycles. The van der Waals surface area contributed by atoms with E-state index < -0.39 is 75.2 Å². The van der Waals surface area contributed by atoms with Crippen LogP contribution in [0.3, 0.4) is 0 Å². The van der Waals surface area contributed by atoms with Crippen molar-refractivity contribution in [1.82, 2.24) is 0 Å². The van der Waals surface area contributed by atoms with Crippen molar-refractivity contribution in [1.29, 1.82) is 0 Å². The molecule has 0 spiro atoms. The number of hydrogen-bond donors (Lipinski definition) is 0. The molecule has 12 heteroatoms. The summed E-state index contributed by atoms with van der Waals surface area (Å²) in [6.07, 6.45) is -5.10. The van der Waals surface area contributed by atoms with Crippen molar-refractivity contribution >= 4 is 6.08 Å². The third-order valence-corrected chi connectivity index (χ3v) is 7.99. The summed E-state index contributed by atoms with van der Waals surface area (Å²) in [4.78, 5) is 0. The van der Waals surface area contributed by atoms with E-state index in [0.29, 0.717) is 17.7 Å². The van der Waals surface area contributed by atoms with Crippen molar-refractivity contribution in [3.05, 3.63) is 143 Å². The highest BCUT2D eigenvalue weighted by atomic mass is 19.4. The summed E-state index contributed by atoms with van der Waals surface area (Å²) in [5.41, 5.74) is -2.28. The summed E-state index contributed by atoms with van der Waals surface area (Å²) in [6.45, 7) is 2.11. The number of rotatable bonds is 11. The first-order chi connectivity index (χ1) is 24.1. The standard InChI is InChI=1S/C39H27F11O/c1-2-3-4-5-22-6-8-23(9-7-22)24-10-12-28(31(40)16-24)25-17-32(41)30(33(42)18-25)14-15-38(46,47)51-27-11-13-29(34(43)21-27)26-19-35(44)37(36(45)20-26)39(48,49)50/h6-21H,2-5H2,1H3. The number of hydrogen-bond acceptors (Lipinski definition) is 1. The summed E-state index contributed by atoms with van der Waals surface area (Å²) in [7, 11) is 0. The second-order valence-corrected chi connectivity index (χ2v) is 11.7. The van der Waals surface area contributed by atoms with Crippen LogP contribution in [0.2, 0.25) is 0 Å². The smallest absolute Gasteiger partial charge is 0.422 e. The molecule has 0 N–H and O–H groups in total. The number of halogens is 11. The lowest BCUT2D eigenvalue weighted by Crippen LogP contribution is -2.21. The van der Waals surface area contributed by atoms with Crippen molar-refractivity contribution in [2.45, 2.75) is 44.9 Å². The summed E-state index contributed by atoms with van der Waals surface area (Å²) in [5.74, 6) is -9.62. The van der Waals surface area contributed by atoms with Crippen LogP contribution in [-0.4, -0.2) is 6.11 Å². The van der Waals surface area contributed by atoms with Gasteiger partial charge in [-0.05, 0) is 89.2 Å². The average Bonchev–Trinajstić information content (AvgIpc) is 3.03. The normalized spacial score (nSPS) is 12.2. The fourth-order valence-corrected chi connectivity index (χ4v) is 5.44. The molecule has 51 heavy (non-hydrogen) atoms. The lowest BCUT2D eigenvalue weighted by Gasteiger charge is -2.16. The van der Waals surface area contributed by atoms with Crippen molar-refractivity contribution in [2.24, 2.45) is 0 Å². The van der Waals surface area contributed by atoms with E-state index >= 15 is 4.39 Å². The minimum absolute atomic E-state index is 0.0228. The monoisotopic (exact) mass is 720 g/mol. The van der Waals surface area contributed by atoms with Gasteiger partial charge in [-0.2, -0.15) is 22.0 Å². The molecule has 5 rings (SSSR count). The minimum atomic E-state index is -5.36. The Kier molecular flexibility index (Phi) is 10.9. The molecule has 0 aliphatic carbocycles. The van der Waals surface area contributed by atoms with Crippen LogP contribution in [0.1, 0.15) is 42.9 Å². The van der Waals surface area contributed by atoms with Gasteiger partial charge in [0.1, 0.15) is 46.2 Å². The highest BCUT2D eigenvalue weighted by Gasteiger charge is 2.38. The van der Waals surface area contributed by atoms with E-state index in [4.69, 9.17) is 0 Å². The van der Waals surface area contributed by atoms with Crippen LogP contribution in [-0.2, 0) is 12.6 Å². The highest BCUT2D eigenvalue weighted by Crippen LogP contribution is 2.38. The molecule has 0 radical (unpaired) electrons. The lowest BCUT2D eigenvalue weighted by molar-refractivity contribution is -0.142. The van der Waals surface area contributed by atoms with Crippen molar-refractivity contribution in [3.63, 3.8) is 0 Å². The number of aryl methyl sites for hydroxylation is 1. The molecule has 0 saturated carbocycles. The van der Waals surface area contributed by atoms with Crippen LogP contribution in [0.25, 0.3) is 39.5 Å². The van der Waals surface area contributed by atoms with E-state index in [1.165, 1.54) is 12.1 Å². The molecule has 0 atom stereocenters. The summed E-state index contributed by atoms with van der Waals surface area (Å²) < 4.78 is 160. The maximum atomic E-state index is 15.1. The van der Waals surface area contributed by atoms with Gasteiger partial charge in [0.25, 0.3) is 0 Å². The Bertz CT molecular complexity index is 2020. The van der Waals surface area contributed by atoms with Crippen molar-refractivity contribution < 1.29 is 53.0 Å². The molecule has 266 valence electrons. The van der Waals surface area contributed by atoms with Crippen LogP contribution in [0, 0.1) is 34.9 Å².